The zero-order chi connectivity index (χ0) is 20.3. The molecule has 1 aliphatic heterocycles. The van der Waals surface area contributed by atoms with E-state index in [0.717, 1.165) is 23.7 Å². The van der Waals surface area contributed by atoms with Crippen LogP contribution in [0.4, 0.5) is 4.39 Å². The number of nitrogens with zero attached hydrogens (tertiary/aromatic N) is 1. The minimum atomic E-state index is -4.09. The third-order valence-corrected chi connectivity index (χ3v) is 7.45. The lowest BCUT2D eigenvalue weighted by Crippen LogP contribution is -2.59. The minimum Gasteiger partial charge on any atom is -0.391 e. The summed E-state index contributed by atoms with van der Waals surface area (Å²) in [5.41, 5.74) is 0. The molecule has 28 heavy (non-hydrogen) atoms. The van der Waals surface area contributed by atoms with E-state index < -0.39 is 41.0 Å². The van der Waals surface area contributed by atoms with Crippen molar-refractivity contribution in [2.24, 2.45) is 11.8 Å². The zero-order valence-electron chi connectivity index (χ0n) is 16.0. The SMILES string of the molecule is COCCNCCOC1CCC2CC(O)C(N3CC(=O)NS3(=O)=O)C(F)C2C1. The first-order valence-corrected chi connectivity index (χ1v) is 11.2. The Kier molecular flexibility index (Phi) is 7.26. The van der Waals surface area contributed by atoms with E-state index in [9.17, 15) is 18.3 Å². The molecule has 0 aromatic carbocycles. The number of halogens is 1. The molecule has 2 saturated carbocycles. The van der Waals surface area contributed by atoms with Crippen molar-refractivity contribution >= 4 is 16.1 Å². The predicted molar refractivity (Wildman–Crippen MR) is 98.4 cm³/mol. The van der Waals surface area contributed by atoms with Crippen molar-refractivity contribution in [2.45, 2.75) is 50.1 Å². The molecule has 3 N–H and O–H groups in total. The third-order valence-electron chi connectivity index (χ3n) is 5.97. The quantitative estimate of drug-likeness (QED) is 0.436. The van der Waals surface area contributed by atoms with Gasteiger partial charge in [-0.2, -0.15) is 12.7 Å². The third kappa shape index (κ3) is 4.82. The van der Waals surface area contributed by atoms with Crippen molar-refractivity contribution in [1.29, 1.82) is 0 Å². The molecular formula is C17H30FN3O6S. The highest BCUT2D eigenvalue weighted by Gasteiger charge is 2.53. The van der Waals surface area contributed by atoms with E-state index >= 15 is 4.39 Å². The number of carbonyl (C=O) groups excluding carboxylic acids is 1. The highest BCUT2D eigenvalue weighted by molar-refractivity contribution is 7.88. The number of ether oxygens (including phenoxy) is 2. The monoisotopic (exact) mass is 423 g/mol. The normalized spacial score (nSPS) is 38.2. The summed E-state index contributed by atoms with van der Waals surface area (Å²) in [6.45, 7) is 2.09. The Bertz CT molecular complexity index is 651. The molecule has 0 aromatic heterocycles. The van der Waals surface area contributed by atoms with Gasteiger partial charge in [-0.3, -0.25) is 4.79 Å². The van der Waals surface area contributed by atoms with Crippen LogP contribution in [0.25, 0.3) is 0 Å². The molecule has 3 rings (SSSR count). The molecule has 6 unspecified atom stereocenters. The summed E-state index contributed by atoms with van der Waals surface area (Å²) in [4.78, 5) is 11.5. The van der Waals surface area contributed by atoms with Crippen molar-refractivity contribution in [3.8, 4) is 0 Å². The molecule has 1 saturated heterocycles. The number of rotatable bonds is 8. The standard InChI is InChI=1S/C17H30FN3O6S/c1-26-6-4-19-5-7-27-12-3-2-11-8-14(22)17(16(18)13(11)9-12)21-10-15(23)20-28(21,24)25/h11-14,16-17,19,22H,2-10H2,1H3,(H,20,23). The van der Waals surface area contributed by atoms with Crippen LogP contribution >= 0.6 is 0 Å². The van der Waals surface area contributed by atoms with Gasteiger partial charge in [-0.25, -0.2) is 9.11 Å². The molecule has 0 bridgehead atoms. The first kappa shape index (κ1) is 21.8. The van der Waals surface area contributed by atoms with Gasteiger partial charge in [-0.15, -0.1) is 0 Å². The molecule has 0 aromatic rings. The summed E-state index contributed by atoms with van der Waals surface area (Å²) in [6.07, 6.45) is -0.395. The van der Waals surface area contributed by atoms with Crippen LogP contribution < -0.4 is 10.0 Å². The number of amides is 1. The average molecular weight is 424 g/mol. The maximum absolute atomic E-state index is 15.4. The van der Waals surface area contributed by atoms with Crippen LogP contribution in [0.5, 0.6) is 0 Å². The summed E-state index contributed by atoms with van der Waals surface area (Å²) in [5.74, 6) is -1.10. The Labute approximate surface area is 165 Å². The maximum Gasteiger partial charge on any atom is 0.304 e. The van der Waals surface area contributed by atoms with Crippen LogP contribution in [0.1, 0.15) is 25.7 Å². The largest absolute Gasteiger partial charge is 0.391 e. The van der Waals surface area contributed by atoms with Gasteiger partial charge in [0.05, 0.1) is 38.0 Å². The number of hydrogen-bond acceptors (Lipinski definition) is 7. The average Bonchev–Trinajstić information content (AvgIpc) is 2.90. The molecule has 0 spiro atoms. The molecule has 6 atom stereocenters. The minimum absolute atomic E-state index is 0.00473. The Hall–Kier alpha value is -0.850. The number of carbonyl (C=O) groups is 1. The van der Waals surface area contributed by atoms with Gasteiger partial charge in [0, 0.05) is 20.2 Å². The zero-order valence-corrected chi connectivity index (χ0v) is 16.9. The smallest absolute Gasteiger partial charge is 0.304 e. The van der Waals surface area contributed by atoms with Gasteiger partial charge in [0.2, 0.25) is 5.91 Å². The Morgan fingerprint density at radius 2 is 2.04 bits per heavy atom. The highest BCUT2D eigenvalue weighted by Crippen LogP contribution is 2.45. The molecular weight excluding hydrogens is 393 g/mol. The fourth-order valence-electron chi connectivity index (χ4n) is 4.65. The second-order valence-corrected chi connectivity index (χ2v) is 9.41. The van der Waals surface area contributed by atoms with E-state index in [0.29, 0.717) is 32.6 Å². The topological polar surface area (TPSA) is 117 Å². The molecule has 2 aliphatic carbocycles. The van der Waals surface area contributed by atoms with E-state index in [1.165, 1.54) is 0 Å². The molecule has 9 nitrogen and oxygen atoms in total. The van der Waals surface area contributed by atoms with Crippen LogP contribution in [0.15, 0.2) is 0 Å². The lowest BCUT2D eigenvalue weighted by molar-refractivity contribution is -0.120. The summed E-state index contributed by atoms with van der Waals surface area (Å²) in [5, 5.41) is 13.6. The maximum atomic E-state index is 15.4. The molecule has 3 aliphatic rings. The number of methoxy groups -OCH3 is 1. The number of aliphatic hydroxyl groups excluding tert-OH is 1. The van der Waals surface area contributed by atoms with Crippen LogP contribution in [0.3, 0.4) is 0 Å². The summed E-state index contributed by atoms with van der Waals surface area (Å²) < 4.78 is 53.1. The molecule has 3 fully saturated rings. The van der Waals surface area contributed by atoms with Crippen LogP contribution in [0, 0.1) is 11.8 Å². The van der Waals surface area contributed by atoms with Crippen molar-refractivity contribution in [1.82, 2.24) is 14.3 Å². The van der Waals surface area contributed by atoms with E-state index in [1.54, 1.807) is 7.11 Å². The Balaban J connectivity index is 1.57. The van der Waals surface area contributed by atoms with E-state index in [1.807, 2.05) is 4.72 Å². The highest BCUT2D eigenvalue weighted by atomic mass is 32.2. The van der Waals surface area contributed by atoms with E-state index in [2.05, 4.69) is 5.32 Å². The van der Waals surface area contributed by atoms with Gasteiger partial charge in [0.1, 0.15) is 6.17 Å². The fraction of sp³-hybridized carbons (Fsp3) is 0.941. The van der Waals surface area contributed by atoms with Crippen LogP contribution in [-0.2, 0) is 24.5 Å². The Morgan fingerprint density at radius 1 is 1.29 bits per heavy atom. The van der Waals surface area contributed by atoms with E-state index in [-0.39, 0.29) is 17.9 Å². The number of aliphatic hydroxyl groups is 1. The molecule has 0 radical (unpaired) electrons. The number of hydrogen-bond donors (Lipinski definition) is 3. The number of nitrogens with one attached hydrogen (secondary N) is 2. The lowest BCUT2D eigenvalue weighted by Gasteiger charge is -2.47. The molecule has 1 amide bonds. The van der Waals surface area contributed by atoms with E-state index in [4.69, 9.17) is 9.47 Å². The lowest BCUT2D eigenvalue weighted by atomic mass is 9.66. The second-order valence-electron chi connectivity index (χ2n) is 7.79. The van der Waals surface area contributed by atoms with Gasteiger partial charge in [-0.05, 0) is 37.5 Å². The summed E-state index contributed by atoms with van der Waals surface area (Å²) >= 11 is 0. The van der Waals surface area contributed by atoms with Gasteiger partial charge >= 0.3 is 10.2 Å². The second kappa shape index (κ2) is 9.31. The summed E-state index contributed by atoms with van der Waals surface area (Å²) in [6, 6.07) is -1.24. The molecule has 11 heteroatoms. The van der Waals surface area contributed by atoms with Crippen molar-refractivity contribution in [3.63, 3.8) is 0 Å². The van der Waals surface area contributed by atoms with Gasteiger partial charge in [0.25, 0.3) is 0 Å². The number of fused-ring (bicyclic) bond motifs is 1. The van der Waals surface area contributed by atoms with Gasteiger partial charge < -0.3 is 19.9 Å². The van der Waals surface area contributed by atoms with Crippen LogP contribution in [0.2, 0.25) is 0 Å². The van der Waals surface area contributed by atoms with Crippen molar-refractivity contribution in [3.05, 3.63) is 0 Å². The fourth-order valence-corrected chi connectivity index (χ4v) is 5.99. The van der Waals surface area contributed by atoms with Crippen molar-refractivity contribution < 1.29 is 32.2 Å². The van der Waals surface area contributed by atoms with Gasteiger partial charge in [-0.1, -0.05) is 0 Å². The first-order valence-electron chi connectivity index (χ1n) is 9.79. The van der Waals surface area contributed by atoms with Gasteiger partial charge in [0.15, 0.2) is 0 Å². The van der Waals surface area contributed by atoms with Crippen LogP contribution in [-0.4, -0.2) is 88.1 Å². The first-order chi connectivity index (χ1) is 13.3. The van der Waals surface area contributed by atoms with Crippen molar-refractivity contribution in [2.75, 3.05) is 40.0 Å². The molecule has 162 valence electrons. The summed E-state index contributed by atoms with van der Waals surface area (Å²) in [7, 11) is -2.46. The Morgan fingerprint density at radius 3 is 2.71 bits per heavy atom. The molecule has 1 heterocycles. The number of alkyl halides is 1. The predicted octanol–water partition coefficient (Wildman–Crippen LogP) is -0.828.